The van der Waals surface area contributed by atoms with Gasteiger partial charge in [0, 0.05) is 13.0 Å². The fourth-order valence-corrected chi connectivity index (χ4v) is 1.75. The third-order valence-corrected chi connectivity index (χ3v) is 2.60. The molecule has 0 bridgehead atoms. The fourth-order valence-electron chi connectivity index (χ4n) is 1.75. The van der Waals surface area contributed by atoms with Gasteiger partial charge in [-0.2, -0.15) is 4.73 Å². The molecule has 0 aromatic carbocycles. The maximum atomic E-state index is 12.1. The molecule has 2 heterocycles. The van der Waals surface area contributed by atoms with Crippen molar-refractivity contribution < 1.29 is 10.4 Å². The van der Waals surface area contributed by atoms with Crippen LogP contribution in [0, 0.1) is 0 Å². The average molecular weight is 264 g/mol. The van der Waals surface area contributed by atoms with Crippen LogP contribution in [0.25, 0.3) is 11.2 Å². The summed E-state index contributed by atoms with van der Waals surface area (Å²) in [5.41, 5.74) is -2.27. The lowest BCUT2D eigenvalue weighted by Gasteiger charge is -2.04. The highest BCUT2D eigenvalue weighted by atomic mass is 16.5. The van der Waals surface area contributed by atoms with Crippen molar-refractivity contribution in [1.82, 2.24) is 19.0 Å². The summed E-state index contributed by atoms with van der Waals surface area (Å²) in [5.74, 6) is 0.0978. The lowest BCUT2D eigenvalue weighted by molar-refractivity contribution is 0.173. The number of aromatic nitrogens is 4. The molecule has 19 heavy (non-hydrogen) atoms. The predicted molar refractivity (Wildman–Crippen MR) is 66.7 cm³/mol. The number of allylic oxidation sites excluding steroid dienone is 2. The van der Waals surface area contributed by atoms with Crippen molar-refractivity contribution in [3.63, 3.8) is 0 Å². The summed E-state index contributed by atoms with van der Waals surface area (Å²) >= 11 is 0. The van der Waals surface area contributed by atoms with Gasteiger partial charge in [0.1, 0.15) is 0 Å². The van der Waals surface area contributed by atoms with Gasteiger partial charge in [0.2, 0.25) is 5.65 Å². The zero-order valence-electron chi connectivity index (χ0n) is 9.98. The molecule has 0 saturated carbocycles. The Balaban J connectivity index is 2.95. The molecular weight excluding hydrogens is 252 g/mol. The zero-order chi connectivity index (χ0) is 14.2. The van der Waals surface area contributed by atoms with Crippen molar-refractivity contribution in [3.8, 4) is 0 Å². The smallest absolute Gasteiger partial charge is 0.366 e. The monoisotopic (exact) mass is 264 g/mol. The highest BCUT2D eigenvalue weighted by Crippen LogP contribution is 2.09. The van der Waals surface area contributed by atoms with Crippen molar-refractivity contribution in [2.45, 2.75) is 13.0 Å². The first-order valence-corrected chi connectivity index (χ1v) is 5.40. The molecule has 0 fully saturated rings. The minimum atomic E-state index is -0.944. The molecule has 100 valence electrons. The molecular formula is C11H12N4O4. The van der Waals surface area contributed by atoms with E-state index in [9.17, 15) is 20.0 Å². The molecule has 2 rings (SSSR count). The molecule has 2 aromatic rings. The van der Waals surface area contributed by atoms with Gasteiger partial charge in [0.05, 0.1) is 0 Å². The first kappa shape index (κ1) is 12.7. The Hall–Kier alpha value is -2.77. The predicted octanol–water partition coefficient (Wildman–Crippen LogP) is -0.251. The van der Waals surface area contributed by atoms with Crippen LogP contribution in [0.1, 0.15) is 5.82 Å². The molecule has 0 aliphatic heterocycles. The Bertz CT molecular complexity index is 781. The van der Waals surface area contributed by atoms with Crippen LogP contribution in [0.2, 0.25) is 0 Å². The number of hydrogen-bond donors (Lipinski definition) is 2. The van der Waals surface area contributed by atoms with Crippen LogP contribution in [0.3, 0.4) is 0 Å². The molecule has 0 aliphatic rings. The molecule has 0 amide bonds. The third-order valence-electron chi connectivity index (χ3n) is 2.60. The van der Waals surface area contributed by atoms with E-state index < -0.39 is 11.2 Å². The number of imidazole rings is 1. The van der Waals surface area contributed by atoms with Crippen molar-refractivity contribution in [3.05, 3.63) is 52.0 Å². The highest BCUT2D eigenvalue weighted by molar-refractivity contribution is 5.70. The van der Waals surface area contributed by atoms with Gasteiger partial charge in [-0.3, -0.25) is 9.36 Å². The fraction of sp³-hybridized carbons (Fsp3) is 0.182. The normalized spacial score (nSPS) is 10.7. The third kappa shape index (κ3) is 1.73. The first-order valence-electron chi connectivity index (χ1n) is 5.40. The second kappa shape index (κ2) is 4.48. The maximum Gasteiger partial charge on any atom is 0.366 e. The molecule has 0 radical (unpaired) electrons. The van der Waals surface area contributed by atoms with Gasteiger partial charge in [0.15, 0.2) is 11.3 Å². The van der Waals surface area contributed by atoms with Crippen LogP contribution in [-0.4, -0.2) is 29.4 Å². The van der Waals surface area contributed by atoms with Crippen molar-refractivity contribution in [2.24, 2.45) is 0 Å². The Morgan fingerprint density at radius 1 is 1.16 bits per heavy atom. The molecule has 0 saturated heterocycles. The number of nitrogens with zero attached hydrogens (tertiary/aromatic N) is 4. The highest BCUT2D eigenvalue weighted by Gasteiger charge is 2.20. The summed E-state index contributed by atoms with van der Waals surface area (Å²) in [5, 5.41) is 19.5. The number of rotatable bonds is 4. The van der Waals surface area contributed by atoms with Crippen LogP contribution >= 0.6 is 0 Å². The van der Waals surface area contributed by atoms with Gasteiger partial charge < -0.3 is 10.4 Å². The van der Waals surface area contributed by atoms with E-state index >= 15 is 0 Å². The molecule has 0 atom stereocenters. The summed E-state index contributed by atoms with van der Waals surface area (Å²) in [6.45, 7) is 6.81. The van der Waals surface area contributed by atoms with E-state index in [2.05, 4.69) is 18.1 Å². The Labute approximate surface area is 106 Å². The van der Waals surface area contributed by atoms with E-state index in [0.717, 1.165) is 4.57 Å². The summed E-state index contributed by atoms with van der Waals surface area (Å²) < 4.78 is 1.51. The average Bonchev–Trinajstić information content (AvgIpc) is 2.71. The SMILES string of the molecule is C=CCc1nc2c(c(=O)n(CC=C)c(=O)n2O)n1O. The Kier molecular flexibility index (Phi) is 2.99. The van der Waals surface area contributed by atoms with E-state index in [4.69, 9.17) is 0 Å². The zero-order valence-corrected chi connectivity index (χ0v) is 9.98. The minimum Gasteiger partial charge on any atom is -0.426 e. The molecule has 8 nitrogen and oxygen atoms in total. The van der Waals surface area contributed by atoms with Crippen molar-refractivity contribution in [2.75, 3.05) is 0 Å². The van der Waals surface area contributed by atoms with E-state index in [-0.39, 0.29) is 34.7 Å². The molecule has 8 heteroatoms. The topological polar surface area (TPSA) is 102 Å². The standard InChI is InChI=1S/C11H12N4O4/c1-3-5-7-12-9-8(14(7)18)10(16)13(6-4-2)11(17)15(9)19/h3-4,18-19H,1-2,5-6H2. The maximum absolute atomic E-state index is 12.1. The van der Waals surface area contributed by atoms with Crippen LogP contribution in [-0.2, 0) is 13.0 Å². The number of hydrogen-bond acceptors (Lipinski definition) is 5. The van der Waals surface area contributed by atoms with Crippen LogP contribution in [0.5, 0.6) is 0 Å². The van der Waals surface area contributed by atoms with Gasteiger partial charge >= 0.3 is 5.69 Å². The van der Waals surface area contributed by atoms with E-state index in [1.807, 2.05) is 0 Å². The lowest BCUT2D eigenvalue weighted by Crippen LogP contribution is -2.39. The number of fused-ring (bicyclic) bond motifs is 1. The Morgan fingerprint density at radius 3 is 2.42 bits per heavy atom. The molecule has 0 spiro atoms. The van der Waals surface area contributed by atoms with Crippen LogP contribution in [0.4, 0.5) is 0 Å². The van der Waals surface area contributed by atoms with Crippen LogP contribution < -0.4 is 11.2 Å². The molecule has 2 N–H and O–H groups in total. The Morgan fingerprint density at radius 2 is 1.84 bits per heavy atom. The lowest BCUT2D eigenvalue weighted by atomic mass is 10.4. The van der Waals surface area contributed by atoms with E-state index in [1.165, 1.54) is 12.2 Å². The molecule has 0 aliphatic carbocycles. The van der Waals surface area contributed by atoms with Crippen molar-refractivity contribution >= 4 is 11.2 Å². The molecule has 0 unspecified atom stereocenters. The van der Waals surface area contributed by atoms with Gasteiger partial charge in [-0.1, -0.05) is 12.2 Å². The first-order chi connectivity index (χ1) is 9.02. The van der Waals surface area contributed by atoms with E-state index in [1.54, 1.807) is 0 Å². The quantitative estimate of drug-likeness (QED) is 0.585. The second-order valence-corrected chi connectivity index (χ2v) is 3.80. The summed E-state index contributed by atoms with van der Waals surface area (Å²) in [6, 6.07) is 0. The van der Waals surface area contributed by atoms with Gasteiger partial charge in [-0.05, 0) is 0 Å². The minimum absolute atomic E-state index is 0.0872. The van der Waals surface area contributed by atoms with Gasteiger partial charge in [-0.25, -0.2) is 9.78 Å². The summed E-state index contributed by atoms with van der Waals surface area (Å²) in [6.07, 6.45) is 2.98. The van der Waals surface area contributed by atoms with Crippen molar-refractivity contribution in [1.29, 1.82) is 0 Å². The summed E-state index contributed by atoms with van der Waals surface area (Å²) in [7, 11) is 0. The second-order valence-electron chi connectivity index (χ2n) is 3.80. The largest absolute Gasteiger partial charge is 0.426 e. The summed E-state index contributed by atoms with van der Waals surface area (Å²) in [4.78, 5) is 27.7. The molecule has 2 aromatic heterocycles. The van der Waals surface area contributed by atoms with Gasteiger partial charge in [0.25, 0.3) is 5.56 Å². The van der Waals surface area contributed by atoms with E-state index in [0.29, 0.717) is 4.73 Å². The van der Waals surface area contributed by atoms with Gasteiger partial charge in [-0.15, -0.1) is 17.9 Å². The van der Waals surface area contributed by atoms with Crippen LogP contribution in [0.15, 0.2) is 34.9 Å².